The summed E-state index contributed by atoms with van der Waals surface area (Å²) in [4.78, 5) is 0. The molecule has 1 fully saturated rings. The van der Waals surface area contributed by atoms with Crippen LogP contribution < -0.4 is 0 Å². The Kier molecular flexibility index (Phi) is 9.84. The molecule has 1 rings (SSSR count). The summed E-state index contributed by atoms with van der Waals surface area (Å²) in [5.41, 5.74) is 6.05. The normalized spacial score (nSPS) is 16.0. The third-order valence-electron chi connectivity index (χ3n) is 5.94. The van der Waals surface area contributed by atoms with E-state index in [4.69, 9.17) is 0 Å². The van der Waals surface area contributed by atoms with Crippen LogP contribution in [0.4, 0.5) is 0 Å². The van der Waals surface area contributed by atoms with Gasteiger partial charge in [-0.05, 0) is 42.3 Å². The van der Waals surface area contributed by atoms with Gasteiger partial charge in [-0.25, -0.2) is 0 Å². The first-order chi connectivity index (χ1) is 11.4. The quantitative estimate of drug-likeness (QED) is 0.268. The lowest BCUT2D eigenvalue weighted by Gasteiger charge is -2.38. The Morgan fingerprint density at radius 2 is 1.25 bits per heavy atom. The molecule has 1 aliphatic carbocycles. The van der Waals surface area contributed by atoms with Gasteiger partial charge >= 0.3 is 0 Å². The first-order valence-electron chi connectivity index (χ1n) is 10.4. The third-order valence-corrected chi connectivity index (χ3v) is 12.3. The number of rotatable bonds is 6. The smallest absolute Gasteiger partial charge is 0.130 e. The van der Waals surface area contributed by atoms with E-state index >= 15 is 0 Å². The molecule has 0 radical (unpaired) electrons. The Morgan fingerprint density at radius 1 is 0.750 bits per heavy atom. The van der Waals surface area contributed by atoms with Crippen molar-refractivity contribution in [1.82, 2.24) is 0 Å². The predicted octanol–water partition coefficient (Wildman–Crippen LogP) is 7.35. The minimum Gasteiger partial charge on any atom is -0.130 e. The molecule has 0 aliphatic heterocycles. The molecule has 0 N–H and O–H groups in total. The summed E-state index contributed by atoms with van der Waals surface area (Å²) in [6.45, 7) is 14.3. The van der Waals surface area contributed by atoms with E-state index in [9.17, 15) is 0 Å². The molecule has 0 amide bonds. The molecule has 1 heteroatoms. The highest BCUT2D eigenvalue weighted by Gasteiger charge is 2.41. The van der Waals surface area contributed by atoms with Gasteiger partial charge in [0.1, 0.15) is 8.07 Å². The van der Waals surface area contributed by atoms with E-state index in [1.165, 1.54) is 44.9 Å². The molecule has 1 saturated carbocycles. The Bertz CT molecular complexity index is 436. The summed E-state index contributed by atoms with van der Waals surface area (Å²) in [5.74, 6) is 11.2. The van der Waals surface area contributed by atoms with Gasteiger partial charge in [-0.3, -0.25) is 0 Å². The molecule has 0 nitrogen and oxygen atoms in total. The molecule has 1 aliphatic rings. The van der Waals surface area contributed by atoms with E-state index in [1.54, 1.807) is 0 Å². The molecule has 0 aromatic rings. The Hall–Kier alpha value is -0.663. The zero-order chi connectivity index (χ0) is 18.0. The van der Waals surface area contributed by atoms with Crippen molar-refractivity contribution in [2.24, 2.45) is 5.92 Å². The fourth-order valence-corrected chi connectivity index (χ4v) is 9.84. The molecule has 0 saturated heterocycles. The van der Waals surface area contributed by atoms with Gasteiger partial charge < -0.3 is 0 Å². The topological polar surface area (TPSA) is 0 Å². The maximum atomic E-state index is 3.83. The molecule has 24 heavy (non-hydrogen) atoms. The second-order valence-electron chi connectivity index (χ2n) is 8.56. The molecular formula is C23H40Si. The summed E-state index contributed by atoms with van der Waals surface area (Å²) in [6, 6.07) is 0. The molecule has 0 bridgehead atoms. The molecule has 0 spiro atoms. The summed E-state index contributed by atoms with van der Waals surface area (Å²) >= 11 is 0. The lowest BCUT2D eigenvalue weighted by Crippen LogP contribution is -2.43. The van der Waals surface area contributed by atoms with Crippen molar-refractivity contribution in [3.8, 4) is 23.3 Å². The number of unbranched alkanes of at least 4 members (excludes halogenated alkanes) is 3. The van der Waals surface area contributed by atoms with Crippen LogP contribution in [0.5, 0.6) is 0 Å². The first-order valence-corrected chi connectivity index (χ1v) is 12.6. The Labute approximate surface area is 153 Å². The summed E-state index contributed by atoms with van der Waals surface area (Å²) in [6.07, 6.45) is 11.4. The standard InChI is InChI=1S/C23H40Si/c1-20(2)24(21(3)4,22(5)6)19-15-10-8-7-9-12-16-23-17-13-11-14-18-23/h20-23H,7-11,13-14,17-18H2,1-6H3. The predicted molar refractivity (Wildman–Crippen MR) is 112 cm³/mol. The van der Waals surface area contributed by atoms with E-state index < -0.39 is 8.07 Å². The van der Waals surface area contributed by atoms with Crippen LogP contribution in [0.3, 0.4) is 0 Å². The van der Waals surface area contributed by atoms with Crippen molar-refractivity contribution in [2.45, 2.75) is 116 Å². The summed E-state index contributed by atoms with van der Waals surface area (Å²) in [5, 5.41) is 0. The van der Waals surface area contributed by atoms with Gasteiger partial charge in [-0.1, -0.05) is 66.7 Å². The highest BCUT2D eigenvalue weighted by molar-refractivity contribution is 6.90. The van der Waals surface area contributed by atoms with Crippen molar-refractivity contribution in [2.75, 3.05) is 0 Å². The maximum Gasteiger partial charge on any atom is 0.145 e. The Morgan fingerprint density at radius 3 is 1.75 bits per heavy atom. The van der Waals surface area contributed by atoms with Gasteiger partial charge in [0.05, 0.1) is 0 Å². The van der Waals surface area contributed by atoms with Gasteiger partial charge in [-0.2, -0.15) is 0 Å². The van der Waals surface area contributed by atoms with Gasteiger partial charge in [0.25, 0.3) is 0 Å². The molecule has 0 heterocycles. The fourth-order valence-electron chi connectivity index (χ4n) is 4.54. The van der Waals surface area contributed by atoms with Crippen molar-refractivity contribution < 1.29 is 0 Å². The minimum absolute atomic E-state index is 0.702. The third kappa shape index (κ3) is 6.33. The van der Waals surface area contributed by atoms with Crippen LogP contribution in [0.1, 0.15) is 99.3 Å². The number of hydrogen-bond donors (Lipinski definition) is 0. The molecule has 0 atom stereocenters. The lowest BCUT2D eigenvalue weighted by molar-refractivity contribution is 0.430. The van der Waals surface area contributed by atoms with Gasteiger partial charge in [0.2, 0.25) is 0 Å². The average molecular weight is 345 g/mol. The molecule has 0 aromatic heterocycles. The summed E-state index contributed by atoms with van der Waals surface area (Å²) in [7, 11) is -1.51. The minimum atomic E-state index is -1.51. The van der Waals surface area contributed by atoms with Crippen molar-refractivity contribution >= 4 is 8.07 Å². The molecule has 136 valence electrons. The highest BCUT2D eigenvalue weighted by atomic mass is 28.3. The van der Waals surface area contributed by atoms with Crippen molar-refractivity contribution in [3.05, 3.63) is 0 Å². The monoisotopic (exact) mass is 344 g/mol. The number of hydrogen-bond acceptors (Lipinski definition) is 0. The lowest BCUT2D eigenvalue weighted by atomic mass is 9.90. The maximum absolute atomic E-state index is 3.83. The van der Waals surface area contributed by atoms with Gasteiger partial charge in [-0.15, -0.1) is 17.4 Å². The Balaban J connectivity index is 2.38. The first kappa shape index (κ1) is 21.4. The van der Waals surface area contributed by atoms with E-state index in [0.717, 1.165) is 29.5 Å². The molecule has 0 unspecified atom stereocenters. The van der Waals surface area contributed by atoms with Crippen LogP contribution >= 0.6 is 0 Å². The SMILES string of the molecule is CC(C)[Si](C#CCCCCC#CC1CCCCC1)(C(C)C)C(C)C. The van der Waals surface area contributed by atoms with E-state index in [-0.39, 0.29) is 0 Å². The van der Waals surface area contributed by atoms with Gasteiger partial charge in [0.15, 0.2) is 0 Å². The zero-order valence-corrected chi connectivity index (χ0v) is 18.2. The molecular weight excluding hydrogens is 304 g/mol. The average Bonchev–Trinajstić information content (AvgIpc) is 2.53. The van der Waals surface area contributed by atoms with Crippen LogP contribution in [0, 0.1) is 29.2 Å². The zero-order valence-electron chi connectivity index (χ0n) is 17.2. The van der Waals surface area contributed by atoms with Crippen LogP contribution in [-0.4, -0.2) is 8.07 Å². The fraction of sp³-hybridized carbons (Fsp3) is 0.826. The van der Waals surface area contributed by atoms with Crippen molar-refractivity contribution in [1.29, 1.82) is 0 Å². The van der Waals surface area contributed by atoms with Crippen LogP contribution in [0.2, 0.25) is 16.6 Å². The van der Waals surface area contributed by atoms with Crippen LogP contribution in [0.25, 0.3) is 0 Å². The van der Waals surface area contributed by atoms with E-state index in [0.29, 0.717) is 5.92 Å². The highest BCUT2D eigenvalue weighted by Crippen LogP contribution is 2.40. The second-order valence-corrected chi connectivity index (χ2v) is 14.1. The van der Waals surface area contributed by atoms with Crippen LogP contribution in [0.15, 0.2) is 0 Å². The summed E-state index contributed by atoms with van der Waals surface area (Å²) < 4.78 is 0. The molecule has 0 aromatic carbocycles. The van der Waals surface area contributed by atoms with E-state index in [2.05, 4.69) is 64.8 Å². The largest absolute Gasteiger partial charge is 0.145 e. The van der Waals surface area contributed by atoms with Gasteiger partial charge in [0, 0.05) is 18.8 Å². The van der Waals surface area contributed by atoms with Crippen molar-refractivity contribution in [3.63, 3.8) is 0 Å². The van der Waals surface area contributed by atoms with Crippen LogP contribution in [-0.2, 0) is 0 Å². The van der Waals surface area contributed by atoms with E-state index in [1.807, 2.05) is 0 Å². The second kappa shape index (κ2) is 11.0.